The molecule has 1 heterocycles. The number of carbonyl (C=O) groups excluding carboxylic acids is 1. The monoisotopic (exact) mass is 374 g/mol. The summed E-state index contributed by atoms with van der Waals surface area (Å²) < 4.78 is 5.34. The van der Waals surface area contributed by atoms with E-state index in [2.05, 4.69) is 43.1 Å². The van der Waals surface area contributed by atoms with Crippen molar-refractivity contribution in [2.75, 3.05) is 38.2 Å². The van der Waals surface area contributed by atoms with Crippen molar-refractivity contribution in [1.29, 1.82) is 0 Å². The summed E-state index contributed by atoms with van der Waals surface area (Å²) in [6.07, 6.45) is 3.65. The zero-order valence-corrected chi connectivity index (χ0v) is 17.3. The van der Waals surface area contributed by atoms with Crippen LogP contribution in [0.5, 0.6) is 5.75 Å². The predicted molar refractivity (Wildman–Crippen MR) is 109 cm³/mol. The number of quaternary nitrogens is 1. The Morgan fingerprint density at radius 3 is 2.70 bits per heavy atom. The van der Waals surface area contributed by atoms with Crippen molar-refractivity contribution >= 4 is 11.6 Å². The van der Waals surface area contributed by atoms with Crippen molar-refractivity contribution in [1.82, 2.24) is 5.32 Å². The van der Waals surface area contributed by atoms with Gasteiger partial charge in [-0.2, -0.15) is 0 Å². The van der Waals surface area contributed by atoms with Crippen molar-refractivity contribution in [2.24, 2.45) is 11.8 Å². The van der Waals surface area contributed by atoms with Gasteiger partial charge in [0.15, 0.2) is 6.04 Å². The first-order valence-corrected chi connectivity index (χ1v) is 10.5. The average molecular weight is 375 g/mol. The standard InChI is InChI=1S/C22H35N3O2/c1-16-7-5-10-21(17(16)2)23-22(26)18(3)24-11-13-25(14-12-24)19-8-6-9-20(15-19)27-4/h6,8-9,15-18,21H,5,7,10-14H2,1-4H3,(H,23,26)/p+1/t16-,17-,18-,21+/m1/s1. The Bertz CT molecular complexity index is 628. The molecule has 1 saturated heterocycles. The van der Waals surface area contributed by atoms with Gasteiger partial charge in [0, 0.05) is 17.8 Å². The van der Waals surface area contributed by atoms with Gasteiger partial charge in [0.05, 0.1) is 33.3 Å². The Balaban J connectivity index is 1.51. The van der Waals surface area contributed by atoms with Crippen LogP contribution in [0.3, 0.4) is 0 Å². The van der Waals surface area contributed by atoms with Gasteiger partial charge in [-0.15, -0.1) is 0 Å². The molecule has 4 atom stereocenters. The molecule has 5 heteroatoms. The highest BCUT2D eigenvalue weighted by molar-refractivity contribution is 5.80. The Kier molecular flexibility index (Phi) is 6.64. The molecule has 0 unspecified atom stereocenters. The number of nitrogens with one attached hydrogen (secondary N) is 2. The van der Waals surface area contributed by atoms with Crippen LogP contribution >= 0.6 is 0 Å². The van der Waals surface area contributed by atoms with E-state index in [-0.39, 0.29) is 11.9 Å². The normalized spacial score (nSPS) is 27.9. The molecule has 2 fully saturated rings. The maximum Gasteiger partial charge on any atom is 0.278 e. The molecule has 2 N–H and O–H groups in total. The van der Waals surface area contributed by atoms with Crippen molar-refractivity contribution in [3.05, 3.63) is 24.3 Å². The molecule has 1 saturated carbocycles. The van der Waals surface area contributed by atoms with Crippen LogP contribution in [0.4, 0.5) is 5.69 Å². The number of anilines is 1. The summed E-state index contributed by atoms with van der Waals surface area (Å²) in [6.45, 7) is 10.6. The first-order chi connectivity index (χ1) is 13.0. The maximum absolute atomic E-state index is 12.8. The zero-order valence-electron chi connectivity index (χ0n) is 17.3. The number of carbonyl (C=O) groups is 1. The molecule has 27 heavy (non-hydrogen) atoms. The number of amides is 1. The number of hydrogen-bond donors (Lipinski definition) is 2. The van der Waals surface area contributed by atoms with Crippen molar-refractivity contribution < 1.29 is 14.4 Å². The summed E-state index contributed by atoms with van der Waals surface area (Å²) in [5.41, 5.74) is 1.20. The molecular formula is C22H36N3O2+. The highest BCUT2D eigenvalue weighted by Gasteiger charge is 2.33. The van der Waals surface area contributed by atoms with Crippen molar-refractivity contribution in [3.63, 3.8) is 0 Å². The van der Waals surface area contributed by atoms with Crippen LogP contribution in [-0.4, -0.2) is 51.3 Å². The number of piperazine rings is 1. The molecule has 3 rings (SSSR count). The van der Waals surface area contributed by atoms with E-state index in [1.807, 2.05) is 12.1 Å². The fourth-order valence-corrected chi connectivity index (χ4v) is 4.57. The first-order valence-electron chi connectivity index (χ1n) is 10.5. The molecule has 0 aromatic heterocycles. The summed E-state index contributed by atoms with van der Waals surface area (Å²) in [4.78, 5) is 16.6. The van der Waals surface area contributed by atoms with Gasteiger partial charge in [0.2, 0.25) is 0 Å². The molecule has 0 bridgehead atoms. The summed E-state index contributed by atoms with van der Waals surface area (Å²) in [6, 6.07) is 8.60. The zero-order chi connectivity index (χ0) is 19.4. The van der Waals surface area contributed by atoms with E-state index in [1.54, 1.807) is 7.11 Å². The largest absolute Gasteiger partial charge is 0.497 e. The van der Waals surface area contributed by atoms with Gasteiger partial charge in [-0.05, 0) is 37.3 Å². The summed E-state index contributed by atoms with van der Waals surface area (Å²) in [5, 5.41) is 3.36. The Morgan fingerprint density at radius 1 is 1.26 bits per heavy atom. The second-order valence-electron chi connectivity index (χ2n) is 8.45. The van der Waals surface area contributed by atoms with Gasteiger partial charge in [-0.1, -0.05) is 32.8 Å². The van der Waals surface area contributed by atoms with Gasteiger partial charge < -0.3 is 19.9 Å². The van der Waals surface area contributed by atoms with E-state index >= 15 is 0 Å². The number of methoxy groups -OCH3 is 1. The minimum Gasteiger partial charge on any atom is -0.497 e. The lowest BCUT2D eigenvalue weighted by molar-refractivity contribution is -0.914. The minimum absolute atomic E-state index is 0.0156. The Labute approximate surface area is 164 Å². The third kappa shape index (κ3) is 4.75. The van der Waals surface area contributed by atoms with E-state index < -0.39 is 0 Å². The van der Waals surface area contributed by atoms with Crippen molar-refractivity contribution in [3.8, 4) is 5.75 Å². The molecule has 1 aromatic rings. The third-order valence-corrected chi connectivity index (χ3v) is 6.86. The van der Waals surface area contributed by atoms with Gasteiger partial charge in [-0.25, -0.2) is 0 Å². The highest BCUT2D eigenvalue weighted by Crippen LogP contribution is 2.29. The van der Waals surface area contributed by atoms with Crippen LogP contribution in [0.2, 0.25) is 0 Å². The number of ether oxygens (including phenoxy) is 1. The van der Waals surface area contributed by atoms with Crippen LogP contribution in [0.1, 0.15) is 40.0 Å². The van der Waals surface area contributed by atoms with Gasteiger partial charge in [0.25, 0.3) is 5.91 Å². The van der Waals surface area contributed by atoms with Gasteiger partial charge in [-0.3, -0.25) is 4.79 Å². The van der Waals surface area contributed by atoms with Crippen LogP contribution < -0.4 is 19.9 Å². The molecule has 2 aliphatic rings. The molecule has 1 aromatic carbocycles. The molecule has 0 radical (unpaired) electrons. The van der Waals surface area contributed by atoms with Crippen LogP contribution in [0, 0.1) is 11.8 Å². The molecule has 5 nitrogen and oxygen atoms in total. The first kappa shape index (κ1) is 20.0. The van der Waals surface area contributed by atoms with E-state index in [0.717, 1.165) is 38.3 Å². The number of benzene rings is 1. The van der Waals surface area contributed by atoms with Gasteiger partial charge in [0.1, 0.15) is 5.75 Å². The fourth-order valence-electron chi connectivity index (χ4n) is 4.57. The van der Waals surface area contributed by atoms with Crippen molar-refractivity contribution in [2.45, 2.75) is 52.1 Å². The number of nitrogens with zero attached hydrogens (tertiary/aromatic N) is 1. The van der Waals surface area contributed by atoms with Crippen LogP contribution in [0.25, 0.3) is 0 Å². The molecule has 1 aliphatic carbocycles. The second kappa shape index (κ2) is 8.96. The summed E-state index contributed by atoms with van der Waals surface area (Å²) in [7, 11) is 1.70. The molecular weight excluding hydrogens is 338 g/mol. The topological polar surface area (TPSA) is 46.0 Å². The lowest BCUT2D eigenvalue weighted by atomic mass is 9.78. The Morgan fingerprint density at radius 2 is 2.00 bits per heavy atom. The smallest absolute Gasteiger partial charge is 0.278 e. The third-order valence-electron chi connectivity index (χ3n) is 6.86. The number of hydrogen-bond acceptors (Lipinski definition) is 3. The van der Waals surface area contributed by atoms with E-state index in [9.17, 15) is 4.79 Å². The summed E-state index contributed by atoms with van der Waals surface area (Å²) >= 11 is 0. The van der Waals surface area contributed by atoms with Crippen LogP contribution in [0.15, 0.2) is 24.3 Å². The summed E-state index contributed by atoms with van der Waals surface area (Å²) in [5.74, 6) is 2.41. The fraction of sp³-hybridized carbons (Fsp3) is 0.682. The van der Waals surface area contributed by atoms with E-state index in [4.69, 9.17) is 4.74 Å². The minimum atomic E-state index is 0.0156. The van der Waals surface area contributed by atoms with E-state index in [0.29, 0.717) is 17.9 Å². The highest BCUT2D eigenvalue weighted by atomic mass is 16.5. The second-order valence-corrected chi connectivity index (χ2v) is 8.45. The molecule has 0 spiro atoms. The van der Waals surface area contributed by atoms with E-state index in [1.165, 1.54) is 23.4 Å². The maximum atomic E-state index is 12.8. The lowest BCUT2D eigenvalue weighted by Gasteiger charge is -2.38. The predicted octanol–water partition coefficient (Wildman–Crippen LogP) is 1.73. The molecule has 150 valence electrons. The van der Waals surface area contributed by atoms with Crippen LogP contribution in [-0.2, 0) is 4.79 Å². The Hall–Kier alpha value is -1.75. The molecule has 1 amide bonds. The molecule has 1 aliphatic heterocycles. The lowest BCUT2D eigenvalue weighted by Crippen LogP contribution is -3.19. The average Bonchev–Trinajstić information content (AvgIpc) is 2.71. The van der Waals surface area contributed by atoms with Gasteiger partial charge >= 0.3 is 0 Å². The number of rotatable bonds is 5. The quantitative estimate of drug-likeness (QED) is 0.825. The SMILES string of the molecule is COc1cccc(N2CC[NH+]([C@H](C)C(=O)N[C@H]3CCC[C@@H](C)[C@H]3C)CC2)c1.